The van der Waals surface area contributed by atoms with Gasteiger partial charge >= 0.3 is 11.9 Å². The Balaban J connectivity index is 2.22. The third kappa shape index (κ3) is 3.91. The maximum absolute atomic E-state index is 12.2. The standard InChI is InChI=1S/C14H16N2O5S2/c1-4-21-9(17)6-22-5-8-15-12(18)10-7(2)11(14(19)20-3)23-13(10)16-8/h4-6H2,1-3H3,(H,15,16,18). The Hall–Kier alpha value is -1.87. The molecule has 0 radical (unpaired) electrons. The van der Waals surface area contributed by atoms with Gasteiger partial charge in [-0.05, 0) is 19.4 Å². The van der Waals surface area contributed by atoms with Crippen LogP contribution >= 0.6 is 23.1 Å². The highest BCUT2D eigenvalue weighted by molar-refractivity contribution is 7.99. The number of esters is 2. The van der Waals surface area contributed by atoms with E-state index in [2.05, 4.69) is 9.97 Å². The lowest BCUT2D eigenvalue weighted by Crippen LogP contribution is -2.12. The lowest BCUT2D eigenvalue weighted by molar-refractivity contribution is -0.139. The number of H-pyrrole nitrogens is 1. The van der Waals surface area contributed by atoms with E-state index in [0.717, 1.165) is 11.3 Å². The first kappa shape index (κ1) is 17.5. The summed E-state index contributed by atoms with van der Waals surface area (Å²) in [6.45, 7) is 3.77. The third-order valence-electron chi connectivity index (χ3n) is 2.98. The number of nitrogens with one attached hydrogen (secondary N) is 1. The van der Waals surface area contributed by atoms with E-state index in [0.29, 0.717) is 38.8 Å². The highest BCUT2D eigenvalue weighted by atomic mass is 32.2. The summed E-state index contributed by atoms with van der Waals surface area (Å²) < 4.78 is 9.54. The van der Waals surface area contributed by atoms with Crippen molar-refractivity contribution < 1.29 is 19.1 Å². The van der Waals surface area contributed by atoms with Gasteiger partial charge in [0.05, 0.1) is 30.6 Å². The number of carbonyl (C=O) groups excluding carboxylic acids is 2. The molecule has 0 bridgehead atoms. The van der Waals surface area contributed by atoms with E-state index < -0.39 is 5.97 Å². The Morgan fingerprint density at radius 1 is 1.39 bits per heavy atom. The largest absolute Gasteiger partial charge is 0.465 e. The number of hydrogen-bond donors (Lipinski definition) is 1. The minimum Gasteiger partial charge on any atom is -0.465 e. The molecule has 0 saturated heterocycles. The number of fused-ring (bicyclic) bond motifs is 1. The third-order valence-corrected chi connectivity index (χ3v) is 5.07. The lowest BCUT2D eigenvalue weighted by atomic mass is 10.2. The minimum absolute atomic E-state index is 0.187. The van der Waals surface area contributed by atoms with Crippen molar-refractivity contribution >= 4 is 45.3 Å². The Morgan fingerprint density at radius 2 is 2.13 bits per heavy atom. The van der Waals surface area contributed by atoms with Crippen molar-refractivity contribution in [3.8, 4) is 0 Å². The minimum atomic E-state index is -0.483. The molecule has 0 fully saturated rings. The molecule has 0 amide bonds. The molecule has 0 saturated carbocycles. The smallest absolute Gasteiger partial charge is 0.348 e. The summed E-state index contributed by atoms with van der Waals surface area (Å²) in [6, 6.07) is 0. The summed E-state index contributed by atoms with van der Waals surface area (Å²) in [6.07, 6.45) is 0. The molecular weight excluding hydrogens is 340 g/mol. The maximum Gasteiger partial charge on any atom is 0.348 e. The second-order valence-electron chi connectivity index (χ2n) is 4.54. The van der Waals surface area contributed by atoms with E-state index in [1.165, 1.54) is 18.9 Å². The zero-order valence-corrected chi connectivity index (χ0v) is 14.6. The van der Waals surface area contributed by atoms with Crippen LogP contribution in [0.4, 0.5) is 0 Å². The summed E-state index contributed by atoms with van der Waals surface area (Å²) in [7, 11) is 1.29. The van der Waals surface area contributed by atoms with Crippen LogP contribution in [-0.4, -0.2) is 41.4 Å². The topological polar surface area (TPSA) is 98.3 Å². The number of rotatable bonds is 6. The first-order valence-electron chi connectivity index (χ1n) is 6.81. The SMILES string of the molecule is CCOC(=O)CSCc1nc2sc(C(=O)OC)c(C)c2c(=O)[nH]1. The number of thioether (sulfide) groups is 1. The van der Waals surface area contributed by atoms with Crippen LogP contribution in [0.2, 0.25) is 0 Å². The summed E-state index contributed by atoms with van der Waals surface area (Å²) in [5.74, 6) is 0.222. The molecule has 0 atom stereocenters. The number of aromatic amines is 1. The van der Waals surface area contributed by atoms with Crippen molar-refractivity contribution in [2.75, 3.05) is 19.5 Å². The quantitative estimate of drug-likeness (QED) is 0.789. The normalized spacial score (nSPS) is 10.7. The van der Waals surface area contributed by atoms with Crippen LogP contribution < -0.4 is 5.56 Å². The Bertz CT molecular complexity index is 796. The Labute approximate surface area is 140 Å². The molecule has 2 heterocycles. The zero-order valence-electron chi connectivity index (χ0n) is 12.9. The van der Waals surface area contributed by atoms with Gasteiger partial charge in [0.2, 0.25) is 0 Å². The highest BCUT2D eigenvalue weighted by Crippen LogP contribution is 2.27. The molecule has 0 aromatic carbocycles. The number of methoxy groups -OCH3 is 1. The fourth-order valence-corrected chi connectivity index (χ4v) is 3.78. The van der Waals surface area contributed by atoms with E-state index in [4.69, 9.17) is 9.47 Å². The highest BCUT2D eigenvalue weighted by Gasteiger charge is 2.19. The van der Waals surface area contributed by atoms with Gasteiger partial charge < -0.3 is 14.5 Å². The van der Waals surface area contributed by atoms with Crippen molar-refractivity contribution in [1.29, 1.82) is 0 Å². The molecule has 0 aliphatic carbocycles. The molecule has 2 rings (SSSR count). The van der Waals surface area contributed by atoms with E-state index in [1.54, 1.807) is 13.8 Å². The van der Waals surface area contributed by atoms with Gasteiger partial charge in [-0.15, -0.1) is 23.1 Å². The molecule has 0 unspecified atom stereocenters. The van der Waals surface area contributed by atoms with Crippen LogP contribution in [0.3, 0.4) is 0 Å². The second kappa shape index (κ2) is 7.60. The van der Waals surface area contributed by atoms with Crippen LogP contribution in [0.5, 0.6) is 0 Å². The number of carbonyl (C=O) groups is 2. The number of hydrogen-bond acceptors (Lipinski definition) is 8. The van der Waals surface area contributed by atoms with E-state index in [1.807, 2.05) is 0 Å². The molecule has 0 aliphatic heterocycles. The fraction of sp³-hybridized carbons (Fsp3) is 0.429. The molecule has 9 heteroatoms. The predicted molar refractivity (Wildman–Crippen MR) is 89.1 cm³/mol. The van der Waals surface area contributed by atoms with Gasteiger partial charge in [-0.2, -0.15) is 0 Å². The molecule has 23 heavy (non-hydrogen) atoms. The predicted octanol–water partition coefficient (Wildman–Crippen LogP) is 1.88. The monoisotopic (exact) mass is 356 g/mol. The van der Waals surface area contributed by atoms with Crippen LogP contribution in [0, 0.1) is 6.92 Å². The average Bonchev–Trinajstić information content (AvgIpc) is 2.84. The molecule has 1 N–H and O–H groups in total. The van der Waals surface area contributed by atoms with Gasteiger partial charge in [0, 0.05) is 0 Å². The van der Waals surface area contributed by atoms with Crippen LogP contribution in [0.1, 0.15) is 28.0 Å². The van der Waals surface area contributed by atoms with E-state index in [-0.39, 0.29) is 17.3 Å². The molecule has 124 valence electrons. The lowest BCUT2D eigenvalue weighted by Gasteiger charge is -2.02. The first-order chi connectivity index (χ1) is 11.0. The Morgan fingerprint density at radius 3 is 2.78 bits per heavy atom. The van der Waals surface area contributed by atoms with Crippen molar-refractivity contribution in [3.05, 3.63) is 26.6 Å². The molecule has 7 nitrogen and oxygen atoms in total. The summed E-state index contributed by atoms with van der Waals surface area (Å²) >= 11 is 2.43. The van der Waals surface area contributed by atoms with Gasteiger partial charge in [0.1, 0.15) is 15.5 Å². The van der Waals surface area contributed by atoms with Gasteiger partial charge in [0.25, 0.3) is 5.56 Å². The number of thiophene rings is 1. The van der Waals surface area contributed by atoms with Crippen molar-refractivity contribution in [2.45, 2.75) is 19.6 Å². The van der Waals surface area contributed by atoms with Crippen molar-refractivity contribution in [3.63, 3.8) is 0 Å². The number of aryl methyl sites for hydroxylation is 1. The summed E-state index contributed by atoms with van der Waals surface area (Å²) in [5.41, 5.74) is 0.266. The van der Waals surface area contributed by atoms with Crippen LogP contribution in [-0.2, 0) is 20.0 Å². The van der Waals surface area contributed by atoms with Crippen molar-refractivity contribution in [2.24, 2.45) is 0 Å². The summed E-state index contributed by atoms with van der Waals surface area (Å²) in [4.78, 5) is 43.1. The van der Waals surface area contributed by atoms with E-state index >= 15 is 0 Å². The first-order valence-corrected chi connectivity index (χ1v) is 8.79. The molecule has 0 spiro atoms. The fourth-order valence-electron chi connectivity index (χ4n) is 1.98. The van der Waals surface area contributed by atoms with Crippen molar-refractivity contribution in [1.82, 2.24) is 9.97 Å². The maximum atomic E-state index is 12.2. The molecule has 2 aromatic heterocycles. The molecule has 0 aliphatic rings. The number of ether oxygens (including phenoxy) is 2. The second-order valence-corrected chi connectivity index (χ2v) is 6.52. The zero-order chi connectivity index (χ0) is 17.0. The van der Waals surface area contributed by atoms with Gasteiger partial charge in [0.15, 0.2) is 0 Å². The van der Waals surface area contributed by atoms with Crippen LogP contribution in [0.15, 0.2) is 4.79 Å². The number of aromatic nitrogens is 2. The number of nitrogens with zero attached hydrogens (tertiary/aromatic N) is 1. The average molecular weight is 356 g/mol. The molecule has 2 aromatic rings. The molecular formula is C14H16N2O5S2. The van der Waals surface area contributed by atoms with E-state index in [9.17, 15) is 14.4 Å². The summed E-state index contributed by atoms with van der Waals surface area (Å²) in [5, 5.41) is 0.398. The van der Waals surface area contributed by atoms with Gasteiger partial charge in [-0.3, -0.25) is 9.59 Å². The van der Waals surface area contributed by atoms with Gasteiger partial charge in [-0.25, -0.2) is 9.78 Å². The van der Waals surface area contributed by atoms with Crippen LogP contribution in [0.25, 0.3) is 10.2 Å². The Kier molecular flexibility index (Phi) is 5.78. The van der Waals surface area contributed by atoms with Gasteiger partial charge in [-0.1, -0.05) is 0 Å².